The summed E-state index contributed by atoms with van der Waals surface area (Å²) in [6.45, 7) is 11.0. The van der Waals surface area contributed by atoms with Gasteiger partial charge in [-0.2, -0.15) is 0 Å². The van der Waals surface area contributed by atoms with E-state index in [0.29, 0.717) is 45.3 Å². The molecule has 3 rings (SSSR count). The van der Waals surface area contributed by atoms with Gasteiger partial charge in [0.1, 0.15) is 17.6 Å². The Labute approximate surface area is 190 Å². The minimum Gasteiger partial charge on any atom is -0.466 e. The molecule has 0 saturated carbocycles. The molecule has 3 aliphatic rings. The molecular formula is C24H38N2O6. The van der Waals surface area contributed by atoms with Gasteiger partial charge in [-0.1, -0.05) is 19.4 Å². The highest BCUT2D eigenvalue weighted by molar-refractivity contribution is 5.98. The summed E-state index contributed by atoms with van der Waals surface area (Å²) < 4.78 is 11.9. The largest absolute Gasteiger partial charge is 0.466 e. The second-order valence-corrected chi connectivity index (χ2v) is 9.37. The molecule has 2 unspecified atom stereocenters. The van der Waals surface area contributed by atoms with Crippen LogP contribution in [0.1, 0.15) is 59.3 Å². The Balaban J connectivity index is 2.01. The average Bonchev–Trinajstić information content (AvgIpc) is 3.32. The number of unbranched alkanes of at least 4 members (excludes halogenated alkanes) is 2. The number of esters is 1. The quantitative estimate of drug-likeness (QED) is 0.277. The first-order valence-corrected chi connectivity index (χ1v) is 12.0. The molecule has 0 aromatic rings. The summed E-state index contributed by atoms with van der Waals surface area (Å²) >= 11 is 0. The van der Waals surface area contributed by atoms with E-state index in [0.717, 1.165) is 12.8 Å². The number of rotatable bonds is 12. The van der Waals surface area contributed by atoms with Crippen LogP contribution < -0.4 is 0 Å². The van der Waals surface area contributed by atoms with Gasteiger partial charge in [0.05, 0.1) is 18.1 Å². The standard InChI is InChI=1S/C24H38N2O6/c1-5-8-14-25(13-6-2)21(29)19-24-12-11-23(4,32-24)18(22(30)31-7-3)17(24)20(28)26(19)15-9-10-16-27/h6,17-19,27H,2,5,7-16H2,1,3-4H3/t17-,18-,19?,23+,24?/m0/s1. The number of likely N-dealkylation sites (tertiary alicyclic amines) is 1. The molecule has 2 bridgehead atoms. The molecule has 8 nitrogen and oxygen atoms in total. The van der Waals surface area contributed by atoms with Gasteiger partial charge in [0.2, 0.25) is 11.8 Å². The first kappa shape index (κ1) is 24.7. The SMILES string of the molecule is C=CCN(CCCC)C(=O)C1N(CCCCO)C(=O)[C@@H]2[C@@H](C(=O)OCC)[C@@]3(C)CCC12O3. The molecule has 2 amide bonds. The lowest BCUT2D eigenvalue weighted by atomic mass is 9.66. The van der Waals surface area contributed by atoms with Crippen LogP contribution in [0.2, 0.25) is 0 Å². The first-order chi connectivity index (χ1) is 15.3. The van der Waals surface area contributed by atoms with Crippen molar-refractivity contribution in [3.8, 4) is 0 Å². The van der Waals surface area contributed by atoms with Crippen LogP contribution in [-0.2, 0) is 23.9 Å². The molecule has 3 aliphatic heterocycles. The van der Waals surface area contributed by atoms with Gasteiger partial charge in [0, 0.05) is 26.2 Å². The maximum absolute atomic E-state index is 13.9. The lowest BCUT2D eigenvalue weighted by Crippen LogP contribution is -2.56. The molecule has 8 heteroatoms. The number of carbonyl (C=O) groups is 3. The highest BCUT2D eigenvalue weighted by Crippen LogP contribution is 2.63. The van der Waals surface area contributed by atoms with E-state index in [1.165, 1.54) is 0 Å². The van der Waals surface area contributed by atoms with Gasteiger partial charge in [-0.3, -0.25) is 14.4 Å². The zero-order valence-electron chi connectivity index (χ0n) is 19.7. The third kappa shape index (κ3) is 3.96. The fraction of sp³-hybridized carbons (Fsp3) is 0.792. The lowest BCUT2D eigenvalue weighted by Gasteiger charge is -2.36. The summed E-state index contributed by atoms with van der Waals surface area (Å²) in [5, 5.41) is 9.23. The van der Waals surface area contributed by atoms with Crippen molar-refractivity contribution in [1.82, 2.24) is 9.80 Å². The molecule has 32 heavy (non-hydrogen) atoms. The van der Waals surface area contributed by atoms with Gasteiger partial charge in [-0.15, -0.1) is 6.58 Å². The van der Waals surface area contributed by atoms with E-state index in [9.17, 15) is 19.5 Å². The van der Waals surface area contributed by atoms with Crippen LogP contribution >= 0.6 is 0 Å². The van der Waals surface area contributed by atoms with Crippen LogP contribution in [0, 0.1) is 11.8 Å². The van der Waals surface area contributed by atoms with E-state index in [-0.39, 0.29) is 25.0 Å². The predicted molar refractivity (Wildman–Crippen MR) is 119 cm³/mol. The Morgan fingerprint density at radius 1 is 1.31 bits per heavy atom. The van der Waals surface area contributed by atoms with Gasteiger partial charge in [-0.05, 0) is 46.0 Å². The van der Waals surface area contributed by atoms with Gasteiger partial charge < -0.3 is 24.4 Å². The second-order valence-electron chi connectivity index (χ2n) is 9.37. The van der Waals surface area contributed by atoms with Crippen molar-refractivity contribution in [2.45, 2.75) is 76.5 Å². The molecule has 180 valence electrons. The minimum atomic E-state index is -1.02. The Morgan fingerprint density at radius 2 is 2.06 bits per heavy atom. The summed E-state index contributed by atoms with van der Waals surface area (Å²) in [4.78, 5) is 43.9. The monoisotopic (exact) mass is 450 g/mol. The molecule has 1 spiro atoms. The van der Waals surface area contributed by atoms with Crippen molar-refractivity contribution in [2.24, 2.45) is 11.8 Å². The van der Waals surface area contributed by atoms with Gasteiger partial charge in [0.15, 0.2) is 0 Å². The average molecular weight is 451 g/mol. The highest BCUT2D eigenvalue weighted by Gasteiger charge is 2.78. The zero-order valence-corrected chi connectivity index (χ0v) is 19.7. The summed E-state index contributed by atoms with van der Waals surface area (Å²) in [5.74, 6) is -2.22. The molecule has 0 aromatic carbocycles. The maximum Gasteiger partial charge on any atom is 0.312 e. The smallest absolute Gasteiger partial charge is 0.312 e. The van der Waals surface area contributed by atoms with E-state index in [1.54, 1.807) is 22.8 Å². The summed E-state index contributed by atoms with van der Waals surface area (Å²) in [7, 11) is 0. The van der Waals surface area contributed by atoms with E-state index < -0.39 is 35.0 Å². The highest BCUT2D eigenvalue weighted by atomic mass is 16.6. The zero-order chi connectivity index (χ0) is 23.5. The van der Waals surface area contributed by atoms with Crippen molar-refractivity contribution >= 4 is 17.8 Å². The van der Waals surface area contributed by atoms with Crippen LogP contribution in [0.3, 0.4) is 0 Å². The summed E-state index contributed by atoms with van der Waals surface area (Å²) in [5.41, 5.74) is -1.83. The molecule has 0 aliphatic carbocycles. The lowest BCUT2D eigenvalue weighted by molar-refractivity contribution is -0.160. The van der Waals surface area contributed by atoms with Crippen molar-refractivity contribution < 1.29 is 29.0 Å². The van der Waals surface area contributed by atoms with Crippen LogP contribution in [-0.4, -0.2) is 82.8 Å². The van der Waals surface area contributed by atoms with Crippen LogP contribution in [0.25, 0.3) is 0 Å². The third-order valence-electron chi connectivity index (χ3n) is 7.30. The first-order valence-electron chi connectivity index (χ1n) is 12.0. The Bertz CT molecular complexity index is 742. The molecule has 3 saturated heterocycles. The molecule has 0 radical (unpaired) electrons. The number of aliphatic hydroxyl groups excluding tert-OH is 1. The van der Waals surface area contributed by atoms with Gasteiger partial charge in [0.25, 0.3) is 0 Å². The van der Waals surface area contributed by atoms with Crippen LogP contribution in [0.4, 0.5) is 0 Å². The molecule has 5 atom stereocenters. The Morgan fingerprint density at radius 3 is 2.69 bits per heavy atom. The summed E-state index contributed by atoms with van der Waals surface area (Å²) in [6, 6.07) is -0.781. The molecule has 1 N–H and O–H groups in total. The number of hydrogen-bond donors (Lipinski definition) is 1. The molecule has 3 fully saturated rings. The second kappa shape index (κ2) is 9.91. The Hall–Kier alpha value is -1.93. The minimum absolute atomic E-state index is 0.0221. The Kier molecular flexibility index (Phi) is 7.65. The van der Waals surface area contributed by atoms with Crippen molar-refractivity contribution in [1.29, 1.82) is 0 Å². The van der Waals surface area contributed by atoms with Crippen LogP contribution in [0.15, 0.2) is 12.7 Å². The predicted octanol–water partition coefficient (Wildman–Crippen LogP) is 1.90. The normalized spacial score (nSPS) is 32.8. The number of hydrogen-bond acceptors (Lipinski definition) is 6. The molecule has 0 aromatic heterocycles. The number of nitrogens with zero attached hydrogens (tertiary/aromatic N) is 2. The topological polar surface area (TPSA) is 96.4 Å². The molecule has 3 heterocycles. The van der Waals surface area contributed by atoms with Crippen molar-refractivity contribution in [3.63, 3.8) is 0 Å². The van der Waals surface area contributed by atoms with Crippen LogP contribution in [0.5, 0.6) is 0 Å². The fourth-order valence-corrected chi connectivity index (χ4v) is 5.90. The summed E-state index contributed by atoms with van der Waals surface area (Å²) in [6.07, 6.45) is 5.76. The van der Waals surface area contributed by atoms with E-state index in [4.69, 9.17) is 9.47 Å². The number of fused-ring (bicyclic) bond motifs is 1. The van der Waals surface area contributed by atoms with Gasteiger partial charge >= 0.3 is 5.97 Å². The third-order valence-corrected chi connectivity index (χ3v) is 7.30. The molecular weight excluding hydrogens is 412 g/mol. The fourth-order valence-electron chi connectivity index (χ4n) is 5.90. The maximum atomic E-state index is 13.9. The number of carbonyl (C=O) groups excluding carboxylic acids is 3. The van der Waals surface area contributed by atoms with Crippen molar-refractivity contribution in [3.05, 3.63) is 12.7 Å². The van der Waals surface area contributed by atoms with E-state index in [2.05, 4.69) is 13.5 Å². The number of ether oxygens (including phenoxy) is 2. The van der Waals surface area contributed by atoms with Gasteiger partial charge in [-0.25, -0.2) is 0 Å². The number of amides is 2. The van der Waals surface area contributed by atoms with Crippen molar-refractivity contribution in [2.75, 3.05) is 32.8 Å². The van der Waals surface area contributed by atoms with E-state index in [1.807, 2.05) is 6.92 Å². The van der Waals surface area contributed by atoms with E-state index >= 15 is 0 Å². The number of aliphatic hydroxyl groups is 1.